The van der Waals surface area contributed by atoms with Crippen LogP contribution in [0.3, 0.4) is 0 Å². The summed E-state index contributed by atoms with van der Waals surface area (Å²) in [6, 6.07) is 18.2. The predicted octanol–water partition coefficient (Wildman–Crippen LogP) is 7.73. The molecule has 0 N–H and O–H groups in total. The van der Waals surface area contributed by atoms with Crippen molar-refractivity contribution in [1.29, 1.82) is 0 Å². The van der Waals surface area contributed by atoms with E-state index in [9.17, 15) is 0 Å². The van der Waals surface area contributed by atoms with E-state index >= 15 is 0 Å². The largest absolute Gasteiger partial charge is 0.0985 e. The molecule has 0 spiro atoms. The number of hydrogen-bond donors (Lipinski definition) is 0. The quantitative estimate of drug-likeness (QED) is 0.312. The summed E-state index contributed by atoms with van der Waals surface area (Å²) in [5.74, 6) is 1.58. The maximum Gasteiger partial charge on any atom is 0.0626 e. The Bertz CT molecular complexity index is 685. The standard InChI is InChI=1S/C26H38P2/c1-5-23-10-12-24(13-11-23)8-6-21(2)20-22(3)7-9-25-14-16-26(17-15-25)18-19-28(4)27/h5,10-17,21-22H,1,6-9,18-20,27H2,2-4H3/p+1. The van der Waals surface area contributed by atoms with E-state index < -0.39 is 0 Å². The average molecular weight is 414 g/mol. The molecular formula is C26H39P2+. The first-order valence-electron chi connectivity index (χ1n) is 10.8. The van der Waals surface area contributed by atoms with E-state index in [-0.39, 0.29) is 7.61 Å². The second kappa shape index (κ2) is 12.6. The topological polar surface area (TPSA) is 0 Å². The second-order valence-electron chi connectivity index (χ2n) is 8.63. The zero-order valence-electron chi connectivity index (χ0n) is 18.1. The molecule has 0 radical (unpaired) electrons. The average Bonchev–Trinajstić information content (AvgIpc) is 2.70. The smallest absolute Gasteiger partial charge is 0.0626 e. The van der Waals surface area contributed by atoms with Gasteiger partial charge in [0.1, 0.15) is 0 Å². The highest BCUT2D eigenvalue weighted by Crippen LogP contribution is 2.40. The van der Waals surface area contributed by atoms with Gasteiger partial charge in [0.15, 0.2) is 0 Å². The highest BCUT2D eigenvalue weighted by molar-refractivity contribution is 8.13. The fourth-order valence-corrected chi connectivity index (χ4v) is 4.90. The van der Waals surface area contributed by atoms with Crippen LogP contribution in [0.15, 0.2) is 55.1 Å². The molecule has 0 amide bonds. The van der Waals surface area contributed by atoms with Crippen molar-refractivity contribution >= 4 is 22.6 Å². The van der Waals surface area contributed by atoms with Crippen LogP contribution in [0.25, 0.3) is 6.08 Å². The van der Waals surface area contributed by atoms with Crippen LogP contribution in [0.4, 0.5) is 0 Å². The Labute approximate surface area is 177 Å². The Balaban J connectivity index is 1.67. The molecule has 0 nitrogen and oxygen atoms in total. The van der Waals surface area contributed by atoms with Crippen LogP contribution < -0.4 is 0 Å². The van der Waals surface area contributed by atoms with Crippen molar-refractivity contribution in [1.82, 2.24) is 0 Å². The third kappa shape index (κ3) is 9.03. The van der Waals surface area contributed by atoms with Crippen LogP contribution in [0.1, 0.15) is 55.4 Å². The van der Waals surface area contributed by atoms with Gasteiger partial charge in [-0.25, -0.2) is 0 Å². The Morgan fingerprint density at radius 2 is 1.25 bits per heavy atom. The van der Waals surface area contributed by atoms with Crippen molar-refractivity contribution in [3.63, 3.8) is 0 Å². The minimum absolute atomic E-state index is 0.188. The molecule has 0 fully saturated rings. The minimum atomic E-state index is -0.188. The molecule has 0 saturated heterocycles. The molecule has 2 aromatic carbocycles. The van der Waals surface area contributed by atoms with Crippen molar-refractivity contribution in [2.45, 2.75) is 52.4 Å². The van der Waals surface area contributed by atoms with Gasteiger partial charge in [0.25, 0.3) is 0 Å². The van der Waals surface area contributed by atoms with E-state index in [1.54, 1.807) is 0 Å². The normalized spacial score (nSPS) is 14.4. The summed E-state index contributed by atoms with van der Waals surface area (Å²) in [6.07, 6.45) is 10.8. The summed E-state index contributed by atoms with van der Waals surface area (Å²) in [5.41, 5.74) is 5.65. The fraction of sp³-hybridized carbons (Fsp3) is 0.462. The second-order valence-corrected chi connectivity index (χ2v) is 13.8. The lowest BCUT2D eigenvalue weighted by Crippen LogP contribution is -2.06. The maximum absolute atomic E-state index is 3.83. The molecule has 0 aromatic heterocycles. The molecular weight excluding hydrogens is 374 g/mol. The molecule has 4 atom stereocenters. The Morgan fingerprint density at radius 3 is 1.68 bits per heavy atom. The van der Waals surface area contributed by atoms with Crippen molar-refractivity contribution in [3.8, 4) is 0 Å². The van der Waals surface area contributed by atoms with E-state index in [4.69, 9.17) is 0 Å². The lowest BCUT2D eigenvalue weighted by atomic mass is 9.88. The number of rotatable bonds is 12. The lowest BCUT2D eigenvalue weighted by Gasteiger charge is -2.17. The first-order chi connectivity index (χ1) is 13.5. The van der Waals surface area contributed by atoms with Crippen molar-refractivity contribution in [3.05, 3.63) is 77.4 Å². The van der Waals surface area contributed by atoms with Gasteiger partial charge in [0, 0.05) is 29.6 Å². The molecule has 2 aromatic rings. The van der Waals surface area contributed by atoms with Crippen molar-refractivity contribution < 1.29 is 0 Å². The van der Waals surface area contributed by atoms with Crippen LogP contribution in [-0.4, -0.2) is 12.8 Å². The monoisotopic (exact) mass is 413 g/mol. The van der Waals surface area contributed by atoms with Gasteiger partial charge in [-0.3, -0.25) is 0 Å². The van der Waals surface area contributed by atoms with Gasteiger partial charge in [-0.05, 0) is 66.2 Å². The Hall–Kier alpha value is -0.960. The van der Waals surface area contributed by atoms with Gasteiger partial charge in [-0.2, -0.15) is 0 Å². The third-order valence-electron chi connectivity index (χ3n) is 5.70. The van der Waals surface area contributed by atoms with E-state index in [1.165, 1.54) is 66.9 Å². The van der Waals surface area contributed by atoms with Gasteiger partial charge in [0.2, 0.25) is 0 Å². The van der Waals surface area contributed by atoms with Crippen molar-refractivity contribution in [2.75, 3.05) is 12.8 Å². The Kier molecular flexibility index (Phi) is 10.5. The van der Waals surface area contributed by atoms with Gasteiger partial charge in [-0.15, -0.1) is 0 Å². The highest BCUT2D eigenvalue weighted by atomic mass is 32.0. The number of aryl methyl sites for hydroxylation is 3. The summed E-state index contributed by atoms with van der Waals surface area (Å²) < 4.78 is 0. The summed E-state index contributed by atoms with van der Waals surface area (Å²) in [5, 5.41) is 0. The van der Waals surface area contributed by atoms with Crippen LogP contribution >= 0.6 is 16.5 Å². The first kappa shape index (κ1) is 23.3. The predicted molar refractivity (Wildman–Crippen MR) is 135 cm³/mol. The molecule has 0 heterocycles. The fourth-order valence-electron chi connectivity index (χ4n) is 3.78. The van der Waals surface area contributed by atoms with E-state index in [0.29, 0.717) is 0 Å². The number of benzene rings is 2. The summed E-state index contributed by atoms with van der Waals surface area (Å²) in [7, 11) is 2.81. The molecule has 4 unspecified atom stereocenters. The molecule has 2 heteroatoms. The highest BCUT2D eigenvalue weighted by Gasteiger charge is 2.10. The third-order valence-corrected chi connectivity index (χ3v) is 7.61. The maximum atomic E-state index is 3.83. The SMILES string of the molecule is C=Cc1ccc(CCC(C)CC(C)CCc2ccc(CC[PH+](C)P)cc2)cc1. The van der Waals surface area contributed by atoms with Gasteiger partial charge < -0.3 is 0 Å². The molecule has 0 aliphatic heterocycles. The number of hydrogen-bond acceptors (Lipinski definition) is 0. The lowest BCUT2D eigenvalue weighted by molar-refractivity contribution is 0.378. The minimum Gasteiger partial charge on any atom is -0.0985 e. The van der Waals surface area contributed by atoms with Crippen LogP contribution in [0, 0.1) is 11.8 Å². The molecule has 0 bridgehead atoms. The zero-order chi connectivity index (χ0) is 20.4. The van der Waals surface area contributed by atoms with Gasteiger partial charge in [-0.1, -0.05) is 75.0 Å². The van der Waals surface area contributed by atoms with E-state index in [2.05, 4.69) is 84.6 Å². The summed E-state index contributed by atoms with van der Waals surface area (Å²) in [4.78, 5) is 0. The molecule has 0 aliphatic rings. The Morgan fingerprint density at radius 1 is 0.821 bits per heavy atom. The first-order valence-corrected chi connectivity index (χ1v) is 14.8. The van der Waals surface area contributed by atoms with Crippen LogP contribution in [0.2, 0.25) is 0 Å². The van der Waals surface area contributed by atoms with Gasteiger partial charge >= 0.3 is 0 Å². The molecule has 2 rings (SSSR count). The molecule has 28 heavy (non-hydrogen) atoms. The van der Waals surface area contributed by atoms with Crippen LogP contribution in [0.5, 0.6) is 0 Å². The van der Waals surface area contributed by atoms with E-state index in [1.807, 2.05) is 6.08 Å². The molecule has 152 valence electrons. The molecule has 0 aliphatic carbocycles. The van der Waals surface area contributed by atoms with Crippen molar-refractivity contribution in [2.24, 2.45) is 11.8 Å². The summed E-state index contributed by atoms with van der Waals surface area (Å²) in [6.45, 7) is 11.0. The van der Waals surface area contributed by atoms with E-state index in [0.717, 1.165) is 11.8 Å². The summed E-state index contributed by atoms with van der Waals surface area (Å²) >= 11 is 0. The molecule has 0 saturated carbocycles. The van der Waals surface area contributed by atoms with Gasteiger partial charge in [0.05, 0.1) is 6.16 Å². The zero-order valence-corrected chi connectivity index (χ0v) is 20.2. The van der Waals surface area contributed by atoms with Crippen LogP contribution in [-0.2, 0) is 19.3 Å².